The molecule has 0 spiro atoms. The van der Waals surface area contributed by atoms with Crippen molar-refractivity contribution in [2.24, 2.45) is 5.92 Å². The Kier molecular flexibility index (Phi) is 5.75. The van der Waals surface area contributed by atoms with Crippen LogP contribution >= 0.6 is 11.6 Å². The highest BCUT2D eigenvalue weighted by Gasteiger charge is 2.38. The minimum Gasteiger partial charge on any atom is -0.481 e. The second kappa shape index (κ2) is 8.27. The monoisotopic (exact) mass is 482 g/mol. The maximum atomic E-state index is 14.8. The molecule has 2 N–H and O–H groups in total. The number of aliphatic hydroxyl groups is 1. The Hall–Kier alpha value is -3.24. The van der Waals surface area contributed by atoms with Crippen LogP contribution in [-0.2, 0) is 11.0 Å². The third-order valence-electron chi connectivity index (χ3n) is 5.51. The van der Waals surface area contributed by atoms with Gasteiger partial charge in [-0.2, -0.15) is 23.0 Å². The summed E-state index contributed by atoms with van der Waals surface area (Å²) in [4.78, 5) is 24.5. The minimum absolute atomic E-state index is 0.0296. The van der Waals surface area contributed by atoms with Crippen LogP contribution in [0.3, 0.4) is 0 Å². The molecule has 0 amide bonds. The zero-order chi connectivity index (χ0) is 24.1. The molecule has 0 fully saturated rings. The summed E-state index contributed by atoms with van der Waals surface area (Å²) in [5, 5.41) is 22.9. The molecule has 0 saturated carbocycles. The van der Waals surface area contributed by atoms with Gasteiger partial charge in [0.25, 0.3) is 5.91 Å². The third kappa shape index (κ3) is 4.00. The van der Waals surface area contributed by atoms with Gasteiger partial charge < -0.3 is 10.2 Å². The van der Waals surface area contributed by atoms with E-state index < -0.39 is 52.0 Å². The topological polar surface area (TPSA) is 92.4 Å². The lowest BCUT2D eigenvalue weighted by molar-refractivity contribution is -0.145. The fourth-order valence-electron chi connectivity index (χ4n) is 3.95. The molecule has 1 aliphatic rings. The molecule has 0 aliphatic heterocycles. The molecule has 0 bridgehead atoms. The van der Waals surface area contributed by atoms with Gasteiger partial charge in [0, 0.05) is 0 Å². The average molecular weight is 483 g/mol. The van der Waals surface area contributed by atoms with Gasteiger partial charge in [0.1, 0.15) is 5.82 Å². The number of aliphatic carboxylic acids is 1. The number of carbonyl (C=O) groups excluding carboxylic acids is 1. The Labute approximate surface area is 188 Å². The van der Waals surface area contributed by atoms with Gasteiger partial charge in [-0.05, 0) is 48.8 Å². The van der Waals surface area contributed by atoms with Gasteiger partial charge in [0.2, 0.25) is 0 Å². The Morgan fingerprint density at radius 3 is 2.48 bits per heavy atom. The first-order chi connectivity index (χ1) is 15.5. The second-order valence-electron chi connectivity index (χ2n) is 7.53. The highest BCUT2D eigenvalue weighted by atomic mass is 35.5. The maximum Gasteiger partial charge on any atom is 0.417 e. The normalized spacial score (nSPS) is 18.9. The SMILES string of the molecule is O=C(O)C1CCC(c2nn(C(=O)c3c(Cl)cccc3C(F)(F)F)c3cccc(F)c23)=CC1O. The number of rotatable bonds is 3. The number of carboxylic acid groups (broad SMARTS) is 1. The van der Waals surface area contributed by atoms with Crippen molar-refractivity contribution in [3.05, 3.63) is 70.1 Å². The van der Waals surface area contributed by atoms with E-state index in [1.165, 1.54) is 18.2 Å². The molecule has 0 radical (unpaired) electrons. The van der Waals surface area contributed by atoms with E-state index in [1.54, 1.807) is 0 Å². The largest absolute Gasteiger partial charge is 0.481 e. The molecule has 33 heavy (non-hydrogen) atoms. The molecule has 2 unspecified atom stereocenters. The number of hydrogen-bond acceptors (Lipinski definition) is 4. The number of aromatic nitrogens is 2. The zero-order valence-electron chi connectivity index (χ0n) is 16.6. The molecule has 172 valence electrons. The van der Waals surface area contributed by atoms with Gasteiger partial charge in [-0.1, -0.05) is 23.7 Å². The maximum absolute atomic E-state index is 14.8. The number of hydrogen-bond donors (Lipinski definition) is 2. The molecule has 4 rings (SSSR count). The standard InChI is InChI=1S/C22H15ClF4N2O4/c23-13-4-1-3-12(22(25,26)27)17(13)20(31)29-15-6-2-5-14(24)18(15)19(28-29)10-7-8-11(21(32)33)16(30)9-10/h1-6,9,11,16,30H,7-8H2,(H,32,33). The summed E-state index contributed by atoms with van der Waals surface area (Å²) < 4.78 is 56.0. The number of alkyl halides is 3. The summed E-state index contributed by atoms with van der Waals surface area (Å²) in [5.74, 6) is -4.26. The highest BCUT2D eigenvalue weighted by Crippen LogP contribution is 2.38. The number of fused-ring (bicyclic) bond motifs is 1. The Balaban J connectivity index is 1.91. The van der Waals surface area contributed by atoms with E-state index >= 15 is 0 Å². The lowest BCUT2D eigenvalue weighted by atomic mass is 9.85. The molecule has 0 saturated heterocycles. The van der Waals surface area contributed by atoms with Crippen molar-refractivity contribution in [3.63, 3.8) is 0 Å². The first-order valence-electron chi connectivity index (χ1n) is 9.70. The Morgan fingerprint density at radius 1 is 1.15 bits per heavy atom. The predicted molar refractivity (Wildman–Crippen MR) is 110 cm³/mol. The fraction of sp³-hybridized carbons (Fsp3) is 0.227. The van der Waals surface area contributed by atoms with Crippen LogP contribution in [0.4, 0.5) is 17.6 Å². The van der Waals surface area contributed by atoms with Crippen molar-refractivity contribution in [3.8, 4) is 0 Å². The van der Waals surface area contributed by atoms with Crippen LogP contribution in [0.1, 0.15) is 34.5 Å². The molecular formula is C22H15ClF4N2O4. The average Bonchev–Trinajstić information content (AvgIpc) is 3.13. The van der Waals surface area contributed by atoms with E-state index in [1.807, 2.05) is 0 Å². The predicted octanol–water partition coefficient (Wildman–Crippen LogP) is 4.78. The highest BCUT2D eigenvalue weighted by molar-refractivity contribution is 6.34. The summed E-state index contributed by atoms with van der Waals surface area (Å²) in [7, 11) is 0. The van der Waals surface area contributed by atoms with E-state index in [9.17, 15) is 37.4 Å². The van der Waals surface area contributed by atoms with Crippen LogP contribution in [0.5, 0.6) is 0 Å². The van der Waals surface area contributed by atoms with Gasteiger partial charge in [0.05, 0.1) is 44.8 Å². The summed E-state index contributed by atoms with van der Waals surface area (Å²) in [6.45, 7) is 0. The molecule has 3 aromatic rings. The lowest BCUT2D eigenvalue weighted by Crippen LogP contribution is -2.29. The third-order valence-corrected chi connectivity index (χ3v) is 5.83. The molecular weight excluding hydrogens is 468 g/mol. The van der Waals surface area contributed by atoms with Crippen molar-refractivity contribution in [1.29, 1.82) is 0 Å². The Bertz CT molecular complexity index is 1320. The molecule has 6 nitrogen and oxygen atoms in total. The molecule has 1 heterocycles. The smallest absolute Gasteiger partial charge is 0.417 e. The number of aliphatic hydroxyl groups excluding tert-OH is 1. The minimum atomic E-state index is -4.88. The van der Waals surface area contributed by atoms with E-state index in [-0.39, 0.29) is 35.0 Å². The first-order valence-corrected chi connectivity index (χ1v) is 10.1. The van der Waals surface area contributed by atoms with E-state index in [4.69, 9.17) is 11.6 Å². The molecule has 2 atom stereocenters. The van der Waals surface area contributed by atoms with Crippen molar-refractivity contribution < 1.29 is 37.4 Å². The number of carboxylic acids is 1. The van der Waals surface area contributed by atoms with Crippen molar-refractivity contribution in [2.75, 3.05) is 0 Å². The fourth-order valence-corrected chi connectivity index (χ4v) is 4.20. The van der Waals surface area contributed by atoms with E-state index in [2.05, 4.69) is 5.10 Å². The molecule has 1 aliphatic carbocycles. The summed E-state index contributed by atoms with van der Waals surface area (Å²) >= 11 is 5.95. The number of allylic oxidation sites excluding steroid dienone is 1. The van der Waals surface area contributed by atoms with Crippen LogP contribution in [-0.4, -0.2) is 38.0 Å². The molecule has 2 aromatic carbocycles. The van der Waals surface area contributed by atoms with Crippen LogP contribution < -0.4 is 0 Å². The van der Waals surface area contributed by atoms with Crippen LogP contribution in [0.15, 0.2) is 42.5 Å². The zero-order valence-corrected chi connectivity index (χ0v) is 17.4. The lowest BCUT2D eigenvalue weighted by Gasteiger charge is -2.23. The van der Waals surface area contributed by atoms with Gasteiger partial charge in [-0.25, -0.2) is 4.39 Å². The summed E-state index contributed by atoms with van der Waals surface area (Å²) in [5.41, 5.74) is -2.00. The van der Waals surface area contributed by atoms with Gasteiger partial charge >= 0.3 is 12.1 Å². The van der Waals surface area contributed by atoms with Crippen LogP contribution in [0, 0.1) is 11.7 Å². The van der Waals surface area contributed by atoms with Crippen molar-refractivity contribution in [2.45, 2.75) is 25.1 Å². The Morgan fingerprint density at radius 2 is 1.85 bits per heavy atom. The first kappa shape index (κ1) is 22.9. The van der Waals surface area contributed by atoms with E-state index in [0.717, 1.165) is 18.2 Å². The van der Waals surface area contributed by atoms with Gasteiger partial charge in [0.15, 0.2) is 0 Å². The van der Waals surface area contributed by atoms with Gasteiger partial charge in [-0.15, -0.1) is 0 Å². The quantitative estimate of drug-likeness (QED) is 0.524. The second-order valence-corrected chi connectivity index (χ2v) is 7.93. The van der Waals surface area contributed by atoms with Crippen molar-refractivity contribution in [1.82, 2.24) is 9.78 Å². The number of nitrogens with zero attached hydrogens (tertiary/aromatic N) is 2. The summed E-state index contributed by atoms with van der Waals surface area (Å²) in [6.07, 6.45) is -4.92. The van der Waals surface area contributed by atoms with E-state index in [0.29, 0.717) is 10.7 Å². The number of halogens is 5. The molecule has 1 aromatic heterocycles. The van der Waals surface area contributed by atoms with Gasteiger partial charge in [-0.3, -0.25) is 9.59 Å². The molecule has 11 heteroatoms. The summed E-state index contributed by atoms with van der Waals surface area (Å²) in [6, 6.07) is 6.58. The van der Waals surface area contributed by atoms with Crippen molar-refractivity contribution >= 4 is 40.0 Å². The number of carbonyl (C=O) groups is 2. The number of benzene rings is 2. The van der Waals surface area contributed by atoms with Crippen LogP contribution in [0.2, 0.25) is 5.02 Å². The van der Waals surface area contributed by atoms with Crippen LogP contribution in [0.25, 0.3) is 16.5 Å².